The van der Waals surface area contributed by atoms with Crippen molar-refractivity contribution < 1.29 is 52.7 Å². The van der Waals surface area contributed by atoms with Crippen molar-refractivity contribution in [3.05, 3.63) is 0 Å². The van der Waals surface area contributed by atoms with Crippen LogP contribution in [-0.4, -0.2) is 84.4 Å². The molecule has 0 aromatic rings. The third-order valence-corrected chi connectivity index (χ3v) is 15.3. The average Bonchev–Trinajstić information content (AvgIpc) is 3.93. The second kappa shape index (κ2) is 21.4. The summed E-state index contributed by atoms with van der Waals surface area (Å²) in [5.74, 6) is 3.34. The highest BCUT2D eigenvalue weighted by Gasteiger charge is 2.63. The fourth-order valence-corrected chi connectivity index (χ4v) is 10.2. The van der Waals surface area contributed by atoms with Crippen LogP contribution < -0.4 is 0 Å². The lowest BCUT2D eigenvalue weighted by molar-refractivity contribution is -0.211. The monoisotopic (exact) mass is 857 g/mol. The van der Waals surface area contributed by atoms with Crippen molar-refractivity contribution in [3.63, 3.8) is 0 Å². The fraction of sp³-hybridized carbons (Fsp3) is 0.918. The number of esters is 4. The minimum absolute atomic E-state index is 0. The molecule has 9 unspecified atom stereocenters. The topological polar surface area (TPSA) is 144 Å². The minimum Gasteiger partial charge on any atom is -0.458 e. The zero-order valence-corrected chi connectivity index (χ0v) is 34.5. The summed E-state index contributed by atoms with van der Waals surface area (Å²) in [6.07, 6.45) is 8.72. The smallest absolute Gasteiger partial charge is 0.312 e. The number of ether oxygens (including phenoxy) is 6. The van der Waals surface area contributed by atoms with Crippen molar-refractivity contribution in [3.8, 4) is 0 Å². The number of rotatable bonds is 9. The number of aliphatic hydroxyl groups excluding tert-OH is 1. The van der Waals surface area contributed by atoms with E-state index in [1.807, 2.05) is 55.4 Å². The highest BCUT2D eigenvalue weighted by atomic mass is 16.6. The van der Waals surface area contributed by atoms with Crippen molar-refractivity contribution in [2.24, 2.45) is 57.7 Å². The average molecular weight is 857 g/mol. The second-order valence-corrected chi connectivity index (χ2v) is 20.0. The number of carbonyl (C=O) groups is 4. The molecule has 0 radical (unpaired) electrons. The van der Waals surface area contributed by atoms with E-state index >= 15 is 0 Å². The largest absolute Gasteiger partial charge is 0.458 e. The van der Waals surface area contributed by atoms with Crippen LogP contribution in [0.1, 0.15) is 178 Å². The first-order chi connectivity index (χ1) is 25.2. The predicted octanol–water partition coefficient (Wildman–Crippen LogP) is 10.4. The first-order valence-corrected chi connectivity index (χ1v) is 21.0. The van der Waals surface area contributed by atoms with Gasteiger partial charge < -0.3 is 33.5 Å². The zero-order chi connectivity index (χ0) is 39.5. The molecule has 11 heteroatoms. The quantitative estimate of drug-likeness (QED) is 0.175. The normalized spacial score (nSPS) is 36.9. The Morgan fingerprint density at radius 1 is 0.650 bits per heavy atom. The van der Waals surface area contributed by atoms with Crippen molar-refractivity contribution in [2.45, 2.75) is 220 Å². The van der Waals surface area contributed by atoms with Gasteiger partial charge in [-0.05, 0) is 136 Å². The van der Waals surface area contributed by atoms with Gasteiger partial charge in [0.05, 0.1) is 35.4 Å². The van der Waals surface area contributed by atoms with Gasteiger partial charge in [-0.3, -0.25) is 19.2 Å². The first-order valence-electron chi connectivity index (χ1n) is 21.0. The van der Waals surface area contributed by atoms with Crippen LogP contribution in [0.3, 0.4) is 0 Å². The minimum atomic E-state index is -0.608. The van der Waals surface area contributed by atoms with Gasteiger partial charge in [0.15, 0.2) is 6.10 Å². The number of hydrogen-bond donors (Lipinski definition) is 1. The summed E-state index contributed by atoms with van der Waals surface area (Å²) in [5.41, 5.74) is -1.45. The Balaban J connectivity index is 0.000000830. The van der Waals surface area contributed by atoms with E-state index in [1.165, 1.54) is 32.1 Å². The third kappa shape index (κ3) is 10.9. The van der Waals surface area contributed by atoms with Gasteiger partial charge in [0.1, 0.15) is 36.1 Å². The maximum Gasteiger partial charge on any atom is 0.312 e. The molecule has 9 rings (SSSR count). The molecule has 6 bridgehead atoms. The third-order valence-electron chi connectivity index (χ3n) is 15.3. The molecule has 6 saturated carbocycles. The standard InChI is InChI=1S/C17H28O2.C14H20O4.C12H20O5.6CH4/c1-5-16(2,3)15(18)19-17(4)13-7-11-6-12(9-13)10-14(17)8-11;1-4-14(2,3)13(16)18-10-7-5-8-9(6-7)12(15)17-11(8)10;1-4-12(2,3)11(14)17-8-6-16-9-7(13)5-15-10(8)9;;;;;;/h11-14H,5-10H2,1-4H3;7-11H,4-6H2,1-3H3;7-10,13H,4-6H2,1-3H3;6*1H4. The molecule has 3 saturated heterocycles. The molecular formula is C49H92O11. The summed E-state index contributed by atoms with van der Waals surface area (Å²) in [5, 5.41) is 9.57. The lowest BCUT2D eigenvalue weighted by Crippen LogP contribution is -2.58. The summed E-state index contributed by atoms with van der Waals surface area (Å²) in [6.45, 7) is 20.3. The van der Waals surface area contributed by atoms with Crippen molar-refractivity contribution in [1.29, 1.82) is 0 Å². The van der Waals surface area contributed by atoms with E-state index in [4.69, 9.17) is 28.4 Å². The highest BCUT2D eigenvalue weighted by Crippen LogP contribution is 2.60. The molecule has 3 heterocycles. The Bertz CT molecular complexity index is 1390. The van der Waals surface area contributed by atoms with Crippen molar-refractivity contribution in [1.82, 2.24) is 0 Å². The number of aliphatic hydroxyl groups is 1. The van der Waals surface area contributed by atoms with Crippen molar-refractivity contribution >= 4 is 23.9 Å². The van der Waals surface area contributed by atoms with Crippen LogP contribution in [-0.2, 0) is 47.6 Å². The first kappa shape index (κ1) is 57.8. The summed E-state index contributed by atoms with van der Waals surface area (Å²) < 4.78 is 33.4. The molecule has 9 aliphatic rings. The van der Waals surface area contributed by atoms with Crippen LogP contribution in [0.5, 0.6) is 0 Å². The van der Waals surface area contributed by atoms with Gasteiger partial charge >= 0.3 is 23.9 Å². The fourth-order valence-electron chi connectivity index (χ4n) is 10.2. The summed E-state index contributed by atoms with van der Waals surface area (Å²) in [4.78, 5) is 48.1. The molecule has 1 N–H and O–H groups in total. The molecule has 9 atom stereocenters. The van der Waals surface area contributed by atoms with E-state index in [9.17, 15) is 24.3 Å². The molecule has 60 heavy (non-hydrogen) atoms. The maximum atomic E-state index is 12.5. The Labute approximate surface area is 366 Å². The van der Waals surface area contributed by atoms with E-state index in [0.717, 1.165) is 43.9 Å². The van der Waals surface area contributed by atoms with Gasteiger partial charge in [-0.25, -0.2) is 0 Å². The van der Waals surface area contributed by atoms with E-state index in [1.54, 1.807) is 0 Å². The number of carbonyl (C=O) groups excluding carboxylic acids is 4. The maximum absolute atomic E-state index is 12.5. The lowest BCUT2D eigenvalue weighted by atomic mass is 9.50. The molecule has 0 spiro atoms. The zero-order valence-electron chi connectivity index (χ0n) is 34.5. The van der Waals surface area contributed by atoms with Crippen LogP contribution in [0, 0.1) is 57.7 Å². The molecule has 9 fully saturated rings. The molecule has 0 aromatic carbocycles. The Morgan fingerprint density at radius 3 is 1.62 bits per heavy atom. The molecule has 0 amide bonds. The number of fused-ring (bicyclic) bond motifs is 2. The van der Waals surface area contributed by atoms with Gasteiger partial charge in [-0.2, -0.15) is 0 Å². The van der Waals surface area contributed by atoms with Crippen LogP contribution in [0.2, 0.25) is 0 Å². The predicted molar refractivity (Wildman–Crippen MR) is 239 cm³/mol. The van der Waals surface area contributed by atoms with Crippen LogP contribution in [0.4, 0.5) is 0 Å². The Kier molecular flexibility index (Phi) is 20.6. The van der Waals surface area contributed by atoms with Gasteiger partial charge in [-0.1, -0.05) is 65.3 Å². The number of hydrogen-bond acceptors (Lipinski definition) is 11. The van der Waals surface area contributed by atoms with Gasteiger partial charge in [-0.15, -0.1) is 0 Å². The lowest BCUT2D eigenvalue weighted by Gasteiger charge is -2.59. The molecular weight excluding hydrogens is 765 g/mol. The van der Waals surface area contributed by atoms with E-state index < -0.39 is 23.0 Å². The van der Waals surface area contributed by atoms with E-state index in [-0.39, 0.29) is 116 Å². The molecule has 354 valence electrons. The highest BCUT2D eigenvalue weighted by molar-refractivity contribution is 5.79. The molecule has 3 aliphatic heterocycles. The van der Waals surface area contributed by atoms with Gasteiger partial charge in [0.25, 0.3) is 0 Å². The van der Waals surface area contributed by atoms with Crippen LogP contribution in [0.25, 0.3) is 0 Å². The van der Waals surface area contributed by atoms with E-state index in [2.05, 4.69) is 13.8 Å². The van der Waals surface area contributed by atoms with Crippen LogP contribution >= 0.6 is 0 Å². The van der Waals surface area contributed by atoms with E-state index in [0.29, 0.717) is 30.3 Å². The van der Waals surface area contributed by atoms with Gasteiger partial charge in [0, 0.05) is 11.8 Å². The second-order valence-electron chi connectivity index (χ2n) is 20.0. The SMILES string of the molecule is C.C.C.C.C.C.CCC(C)(C)C(=O)OC1(C)C2CC3CC(C2)CC1C3.CCC(C)(C)C(=O)OC1C2CC3C(=O)OC1C3C2.CCC(C)(C)C(=O)OC1COC2C(O)COC12. The van der Waals surface area contributed by atoms with Crippen molar-refractivity contribution in [2.75, 3.05) is 13.2 Å². The molecule has 0 aromatic heterocycles. The summed E-state index contributed by atoms with van der Waals surface area (Å²) in [6, 6.07) is 0. The molecule has 6 aliphatic carbocycles. The van der Waals surface area contributed by atoms with Gasteiger partial charge in [0.2, 0.25) is 0 Å². The summed E-state index contributed by atoms with van der Waals surface area (Å²) >= 11 is 0. The van der Waals surface area contributed by atoms with Crippen LogP contribution in [0.15, 0.2) is 0 Å². The Hall–Kier alpha value is -2.24. The Morgan fingerprint density at radius 2 is 1.12 bits per heavy atom. The molecule has 11 nitrogen and oxygen atoms in total. The summed E-state index contributed by atoms with van der Waals surface area (Å²) in [7, 11) is 0.